The molecule has 10 rings (SSSR count). The van der Waals surface area contributed by atoms with Crippen molar-refractivity contribution < 1.29 is 0 Å². The van der Waals surface area contributed by atoms with Crippen molar-refractivity contribution in [3.8, 4) is 22.3 Å². The second kappa shape index (κ2) is 10.6. The predicted molar refractivity (Wildman–Crippen MR) is 204 cm³/mol. The maximum absolute atomic E-state index is 2.44. The van der Waals surface area contributed by atoms with Crippen molar-refractivity contribution >= 4 is 65.9 Å². The van der Waals surface area contributed by atoms with E-state index in [0.717, 1.165) is 11.4 Å². The third kappa shape index (κ3) is 4.06. The van der Waals surface area contributed by atoms with Gasteiger partial charge in [0.05, 0.1) is 22.2 Å². The molecule has 0 bridgehead atoms. The van der Waals surface area contributed by atoms with Crippen molar-refractivity contribution in [3.05, 3.63) is 182 Å². The first-order valence-corrected chi connectivity index (χ1v) is 16.5. The van der Waals surface area contributed by atoms with E-state index in [1.54, 1.807) is 0 Å². The maximum Gasteiger partial charge on any atom is 0.0620 e. The zero-order valence-electron chi connectivity index (χ0n) is 26.2. The van der Waals surface area contributed by atoms with E-state index in [1.165, 1.54) is 76.8 Å². The highest BCUT2D eigenvalue weighted by molar-refractivity contribution is 6.23. The number of anilines is 3. The Balaban J connectivity index is 1.04. The number of fused-ring (bicyclic) bond motifs is 7. The summed E-state index contributed by atoms with van der Waals surface area (Å²) in [6, 6.07) is 66.1. The summed E-state index contributed by atoms with van der Waals surface area (Å²) in [5.74, 6) is 0. The molecule has 2 nitrogen and oxygen atoms in total. The molecule has 2 heteroatoms. The molecule has 0 aliphatic rings. The molecule has 0 atom stereocenters. The summed E-state index contributed by atoms with van der Waals surface area (Å²) in [6.45, 7) is 0. The average molecular weight is 611 g/mol. The molecule has 8 aromatic carbocycles. The Labute approximate surface area is 278 Å². The first-order valence-electron chi connectivity index (χ1n) is 16.5. The van der Waals surface area contributed by atoms with Gasteiger partial charge < -0.3 is 9.30 Å². The lowest BCUT2D eigenvalue weighted by atomic mass is 9.98. The summed E-state index contributed by atoms with van der Waals surface area (Å²) in [6.07, 6.45) is 0. The molecule has 0 amide bonds. The largest absolute Gasteiger partial charge is 0.310 e. The van der Waals surface area contributed by atoms with Gasteiger partial charge in [-0.2, -0.15) is 0 Å². The van der Waals surface area contributed by atoms with Gasteiger partial charge in [0.25, 0.3) is 0 Å². The minimum Gasteiger partial charge on any atom is -0.310 e. The van der Waals surface area contributed by atoms with Crippen molar-refractivity contribution in [2.75, 3.05) is 4.90 Å². The van der Waals surface area contributed by atoms with Crippen LogP contribution in [0.4, 0.5) is 17.1 Å². The second-order valence-corrected chi connectivity index (χ2v) is 12.6. The molecular formula is C46H30N2. The van der Waals surface area contributed by atoms with Crippen LogP contribution in [0.2, 0.25) is 0 Å². The lowest BCUT2D eigenvalue weighted by Crippen LogP contribution is -2.10. The molecule has 0 saturated heterocycles. The normalized spacial score (nSPS) is 11.8. The maximum atomic E-state index is 2.44. The van der Waals surface area contributed by atoms with E-state index in [4.69, 9.17) is 0 Å². The van der Waals surface area contributed by atoms with Crippen LogP contribution >= 0.6 is 0 Å². The van der Waals surface area contributed by atoms with Gasteiger partial charge in [0, 0.05) is 38.3 Å². The number of para-hydroxylation sites is 3. The summed E-state index contributed by atoms with van der Waals surface area (Å²) >= 11 is 0. The fourth-order valence-corrected chi connectivity index (χ4v) is 7.70. The SMILES string of the molecule is c1ccc(N(c2cccc(-c3ccc(-c4ccc5c(c4)c4cccc6c7ccccc7n5c64)cc3)c2)c2cccc3ccccc23)cc1. The third-order valence-electron chi connectivity index (χ3n) is 9.90. The van der Waals surface area contributed by atoms with E-state index in [0.29, 0.717) is 0 Å². The van der Waals surface area contributed by atoms with Gasteiger partial charge >= 0.3 is 0 Å². The number of nitrogens with zero attached hydrogens (tertiary/aromatic N) is 2. The molecular weight excluding hydrogens is 581 g/mol. The monoisotopic (exact) mass is 610 g/mol. The summed E-state index contributed by atoms with van der Waals surface area (Å²) in [4.78, 5) is 2.37. The third-order valence-corrected chi connectivity index (χ3v) is 9.90. The van der Waals surface area contributed by atoms with Crippen molar-refractivity contribution in [1.29, 1.82) is 0 Å². The van der Waals surface area contributed by atoms with E-state index >= 15 is 0 Å². The van der Waals surface area contributed by atoms with Crippen LogP contribution in [0, 0.1) is 0 Å². The Morgan fingerprint density at radius 1 is 0.333 bits per heavy atom. The molecule has 48 heavy (non-hydrogen) atoms. The fourth-order valence-electron chi connectivity index (χ4n) is 7.70. The van der Waals surface area contributed by atoms with E-state index in [2.05, 4.69) is 191 Å². The lowest BCUT2D eigenvalue weighted by molar-refractivity contribution is 1.30. The van der Waals surface area contributed by atoms with Crippen LogP contribution in [0.1, 0.15) is 0 Å². The molecule has 2 aromatic heterocycles. The number of benzene rings is 8. The molecule has 0 fully saturated rings. The minimum atomic E-state index is 1.13. The standard InChI is InChI=1S/C46H30N2/c1-2-14-36(15-3-1)47(43-22-9-12-33-11-4-5-17-38(33)43)37-16-8-13-34(29-37)31-23-25-32(26-24-31)35-27-28-45-42(30-35)41-20-10-19-40-39-18-6-7-21-44(39)48(45)46(40)41/h1-30H. The Kier molecular flexibility index (Phi) is 5.91. The van der Waals surface area contributed by atoms with Crippen LogP contribution < -0.4 is 4.90 Å². The molecule has 0 N–H and O–H groups in total. The number of hydrogen-bond donors (Lipinski definition) is 0. The van der Waals surface area contributed by atoms with Gasteiger partial charge in [0.2, 0.25) is 0 Å². The van der Waals surface area contributed by atoms with Crippen molar-refractivity contribution in [2.24, 2.45) is 0 Å². The number of hydrogen-bond acceptors (Lipinski definition) is 1. The summed E-state index contributed by atoms with van der Waals surface area (Å²) in [5, 5.41) is 7.69. The topological polar surface area (TPSA) is 7.65 Å². The van der Waals surface area contributed by atoms with Crippen LogP contribution in [0.25, 0.3) is 71.1 Å². The Morgan fingerprint density at radius 3 is 1.73 bits per heavy atom. The minimum absolute atomic E-state index is 1.13. The van der Waals surface area contributed by atoms with Crippen LogP contribution in [-0.2, 0) is 0 Å². The molecule has 0 saturated carbocycles. The Morgan fingerprint density at radius 2 is 0.896 bits per heavy atom. The second-order valence-electron chi connectivity index (χ2n) is 12.6. The van der Waals surface area contributed by atoms with Gasteiger partial charge in [0.1, 0.15) is 0 Å². The smallest absolute Gasteiger partial charge is 0.0620 e. The van der Waals surface area contributed by atoms with Crippen LogP contribution in [0.15, 0.2) is 182 Å². The van der Waals surface area contributed by atoms with Gasteiger partial charge in [-0.05, 0) is 76.2 Å². The highest BCUT2D eigenvalue weighted by Gasteiger charge is 2.18. The first-order chi connectivity index (χ1) is 23.8. The predicted octanol–water partition coefficient (Wildman–Crippen LogP) is 12.8. The van der Waals surface area contributed by atoms with Gasteiger partial charge in [-0.25, -0.2) is 0 Å². The lowest BCUT2D eigenvalue weighted by Gasteiger charge is -2.27. The fraction of sp³-hybridized carbons (Fsp3) is 0. The van der Waals surface area contributed by atoms with Crippen LogP contribution in [0.3, 0.4) is 0 Å². The number of rotatable bonds is 5. The molecule has 224 valence electrons. The summed E-state index contributed by atoms with van der Waals surface area (Å²) in [5.41, 5.74) is 12.1. The average Bonchev–Trinajstić information content (AvgIpc) is 3.68. The zero-order chi connectivity index (χ0) is 31.6. The molecule has 0 aliphatic carbocycles. The van der Waals surface area contributed by atoms with E-state index in [-0.39, 0.29) is 0 Å². The first kappa shape index (κ1) is 26.8. The van der Waals surface area contributed by atoms with Gasteiger partial charge in [-0.15, -0.1) is 0 Å². The molecule has 10 aromatic rings. The summed E-state index contributed by atoms with van der Waals surface area (Å²) in [7, 11) is 0. The Hall–Kier alpha value is -6.38. The van der Waals surface area contributed by atoms with Crippen LogP contribution in [-0.4, -0.2) is 4.40 Å². The van der Waals surface area contributed by atoms with E-state index in [9.17, 15) is 0 Å². The molecule has 0 aliphatic heterocycles. The van der Waals surface area contributed by atoms with E-state index in [1.807, 2.05) is 0 Å². The van der Waals surface area contributed by atoms with Gasteiger partial charge in [-0.3, -0.25) is 0 Å². The highest BCUT2D eigenvalue weighted by Crippen LogP contribution is 2.42. The van der Waals surface area contributed by atoms with Gasteiger partial charge in [0.15, 0.2) is 0 Å². The van der Waals surface area contributed by atoms with E-state index < -0.39 is 0 Å². The molecule has 0 spiro atoms. The molecule has 2 heterocycles. The molecule has 0 radical (unpaired) electrons. The zero-order valence-corrected chi connectivity index (χ0v) is 26.2. The number of aromatic nitrogens is 1. The highest BCUT2D eigenvalue weighted by atomic mass is 15.1. The van der Waals surface area contributed by atoms with Gasteiger partial charge in [-0.1, -0.05) is 133 Å². The van der Waals surface area contributed by atoms with Crippen molar-refractivity contribution in [2.45, 2.75) is 0 Å². The summed E-state index contributed by atoms with van der Waals surface area (Å²) < 4.78 is 2.44. The van der Waals surface area contributed by atoms with Crippen molar-refractivity contribution in [3.63, 3.8) is 0 Å². The quantitative estimate of drug-likeness (QED) is 0.188. The Bertz CT molecular complexity index is 2770. The van der Waals surface area contributed by atoms with Crippen molar-refractivity contribution in [1.82, 2.24) is 4.40 Å². The van der Waals surface area contributed by atoms with Crippen LogP contribution in [0.5, 0.6) is 0 Å². The molecule has 0 unspecified atom stereocenters.